The summed E-state index contributed by atoms with van der Waals surface area (Å²) in [4.78, 5) is 11.9. The van der Waals surface area contributed by atoms with E-state index in [1.54, 1.807) is 0 Å². The predicted octanol–water partition coefficient (Wildman–Crippen LogP) is 2.70. The van der Waals surface area contributed by atoms with Gasteiger partial charge in [0.25, 0.3) is 5.91 Å². The van der Waals surface area contributed by atoms with Crippen LogP contribution in [0.15, 0.2) is 42.5 Å². The van der Waals surface area contributed by atoms with Crippen molar-refractivity contribution in [2.75, 3.05) is 6.54 Å². The zero-order chi connectivity index (χ0) is 14.8. The normalized spacial score (nSPS) is 16.2. The largest absolute Gasteiger partial charge is 0.488 e. The van der Waals surface area contributed by atoms with Gasteiger partial charge in [-0.3, -0.25) is 4.79 Å². The number of hydrogen-bond donors (Lipinski definition) is 1. The number of carbonyl (C=O) groups is 1. The highest BCUT2D eigenvalue weighted by atomic mass is 19.2. The van der Waals surface area contributed by atoms with E-state index in [1.165, 1.54) is 12.1 Å². The summed E-state index contributed by atoms with van der Waals surface area (Å²) in [6, 6.07) is 11.1. The maximum atomic E-state index is 13.5. The number of amides is 1. The molecule has 0 saturated carbocycles. The number of ether oxygens (including phenoxy) is 1. The first-order valence-corrected chi connectivity index (χ1v) is 6.62. The lowest BCUT2D eigenvalue weighted by molar-refractivity contribution is 0.0928. The molecule has 1 unspecified atom stereocenters. The molecule has 1 amide bonds. The minimum Gasteiger partial charge on any atom is -0.488 e. The van der Waals surface area contributed by atoms with Gasteiger partial charge in [-0.15, -0.1) is 0 Å². The zero-order valence-corrected chi connectivity index (χ0v) is 11.1. The van der Waals surface area contributed by atoms with E-state index < -0.39 is 17.5 Å². The quantitative estimate of drug-likeness (QED) is 0.943. The molecular weight excluding hydrogens is 276 g/mol. The summed E-state index contributed by atoms with van der Waals surface area (Å²) in [5, 5.41) is 2.57. The van der Waals surface area contributed by atoms with E-state index in [2.05, 4.69) is 5.32 Å². The molecule has 1 N–H and O–H groups in total. The van der Waals surface area contributed by atoms with E-state index in [0.29, 0.717) is 6.42 Å². The van der Waals surface area contributed by atoms with Gasteiger partial charge in [0.2, 0.25) is 0 Å². The van der Waals surface area contributed by atoms with Gasteiger partial charge in [-0.05, 0) is 23.8 Å². The second-order valence-electron chi connectivity index (χ2n) is 4.86. The Bertz CT molecular complexity index is 663. The Morgan fingerprint density at radius 3 is 2.81 bits per heavy atom. The molecule has 3 nitrogen and oxygen atoms in total. The van der Waals surface area contributed by atoms with Gasteiger partial charge >= 0.3 is 0 Å². The van der Waals surface area contributed by atoms with Crippen molar-refractivity contribution in [2.24, 2.45) is 0 Å². The first-order valence-electron chi connectivity index (χ1n) is 6.62. The number of hydrogen-bond acceptors (Lipinski definition) is 2. The number of rotatable bonds is 3. The highest BCUT2D eigenvalue weighted by Gasteiger charge is 2.23. The summed E-state index contributed by atoms with van der Waals surface area (Å²) in [5.41, 5.74) is 0.777. The topological polar surface area (TPSA) is 38.3 Å². The van der Waals surface area contributed by atoms with Crippen LogP contribution in [0.5, 0.6) is 5.75 Å². The third-order valence-corrected chi connectivity index (χ3v) is 3.40. The van der Waals surface area contributed by atoms with Gasteiger partial charge in [0.1, 0.15) is 11.9 Å². The molecule has 0 aliphatic carbocycles. The first kappa shape index (κ1) is 13.5. The maximum Gasteiger partial charge on any atom is 0.254 e. The second-order valence-corrected chi connectivity index (χ2v) is 4.86. The molecule has 1 atom stereocenters. The van der Waals surface area contributed by atoms with Gasteiger partial charge in [-0.1, -0.05) is 24.3 Å². The van der Waals surface area contributed by atoms with Crippen molar-refractivity contribution in [3.8, 4) is 5.75 Å². The molecule has 0 aromatic heterocycles. The van der Waals surface area contributed by atoms with Crippen LogP contribution in [0.4, 0.5) is 8.78 Å². The molecule has 0 fully saturated rings. The fraction of sp³-hybridized carbons (Fsp3) is 0.188. The molecule has 5 heteroatoms. The molecule has 2 aromatic rings. The standard InChI is InChI=1S/C16H13F2NO2/c17-13-6-3-5-12(15(13)18)16(20)19-9-11-8-10-4-1-2-7-14(10)21-11/h1-7,11H,8-9H2,(H,19,20). The summed E-state index contributed by atoms with van der Waals surface area (Å²) in [7, 11) is 0. The lowest BCUT2D eigenvalue weighted by atomic mass is 10.1. The fourth-order valence-corrected chi connectivity index (χ4v) is 2.35. The van der Waals surface area contributed by atoms with Crippen LogP contribution in [0.3, 0.4) is 0 Å². The van der Waals surface area contributed by atoms with Crippen LogP contribution >= 0.6 is 0 Å². The Labute approximate surface area is 120 Å². The Morgan fingerprint density at radius 1 is 1.19 bits per heavy atom. The van der Waals surface area contributed by atoms with Crippen molar-refractivity contribution in [1.82, 2.24) is 5.32 Å². The number of benzene rings is 2. The third-order valence-electron chi connectivity index (χ3n) is 3.40. The molecule has 21 heavy (non-hydrogen) atoms. The minimum atomic E-state index is -1.13. The zero-order valence-electron chi connectivity index (χ0n) is 11.1. The van der Waals surface area contributed by atoms with Crippen molar-refractivity contribution in [3.05, 3.63) is 65.2 Å². The second kappa shape index (κ2) is 5.52. The summed E-state index contributed by atoms with van der Waals surface area (Å²) in [6.07, 6.45) is 0.491. The highest BCUT2D eigenvalue weighted by molar-refractivity contribution is 5.94. The van der Waals surface area contributed by atoms with E-state index in [1.807, 2.05) is 24.3 Å². The van der Waals surface area contributed by atoms with Gasteiger partial charge in [0.05, 0.1) is 12.1 Å². The number of halogens is 2. The van der Waals surface area contributed by atoms with Crippen LogP contribution in [0.1, 0.15) is 15.9 Å². The molecular formula is C16H13F2NO2. The summed E-state index contributed by atoms with van der Waals surface area (Å²) < 4.78 is 32.2. The molecule has 1 aliphatic heterocycles. The predicted molar refractivity (Wildman–Crippen MR) is 73.3 cm³/mol. The van der Waals surface area contributed by atoms with E-state index in [9.17, 15) is 13.6 Å². The average Bonchev–Trinajstić information content (AvgIpc) is 2.90. The van der Waals surface area contributed by atoms with Crippen molar-refractivity contribution >= 4 is 5.91 Å². The average molecular weight is 289 g/mol. The van der Waals surface area contributed by atoms with E-state index >= 15 is 0 Å². The summed E-state index contributed by atoms with van der Waals surface area (Å²) >= 11 is 0. The molecule has 3 rings (SSSR count). The summed E-state index contributed by atoms with van der Waals surface area (Å²) in [5.74, 6) is -2.02. The van der Waals surface area contributed by atoms with E-state index in [4.69, 9.17) is 4.74 Å². The number of carbonyl (C=O) groups excluding carboxylic acids is 1. The third kappa shape index (κ3) is 2.72. The molecule has 0 radical (unpaired) electrons. The van der Waals surface area contributed by atoms with Crippen LogP contribution in [0, 0.1) is 11.6 Å². The SMILES string of the molecule is O=C(NCC1Cc2ccccc2O1)c1cccc(F)c1F. The molecule has 1 heterocycles. The molecule has 0 saturated heterocycles. The van der Waals surface area contributed by atoms with Crippen LogP contribution in [0.25, 0.3) is 0 Å². The van der Waals surface area contributed by atoms with Gasteiger partial charge in [0.15, 0.2) is 11.6 Å². The van der Waals surface area contributed by atoms with Crippen molar-refractivity contribution in [2.45, 2.75) is 12.5 Å². The lowest BCUT2D eigenvalue weighted by Gasteiger charge is -2.12. The van der Waals surface area contributed by atoms with Gasteiger partial charge in [0, 0.05) is 6.42 Å². The lowest BCUT2D eigenvalue weighted by Crippen LogP contribution is -2.34. The van der Waals surface area contributed by atoms with Crippen molar-refractivity contribution in [1.29, 1.82) is 0 Å². The molecule has 2 aromatic carbocycles. The van der Waals surface area contributed by atoms with Crippen molar-refractivity contribution in [3.63, 3.8) is 0 Å². The van der Waals surface area contributed by atoms with Gasteiger partial charge in [-0.2, -0.15) is 0 Å². The molecule has 108 valence electrons. The van der Waals surface area contributed by atoms with Crippen LogP contribution in [0.2, 0.25) is 0 Å². The van der Waals surface area contributed by atoms with Crippen LogP contribution < -0.4 is 10.1 Å². The Morgan fingerprint density at radius 2 is 2.00 bits per heavy atom. The highest BCUT2D eigenvalue weighted by Crippen LogP contribution is 2.27. The van der Waals surface area contributed by atoms with Crippen LogP contribution in [-0.4, -0.2) is 18.6 Å². The van der Waals surface area contributed by atoms with Crippen LogP contribution in [-0.2, 0) is 6.42 Å². The fourth-order valence-electron chi connectivity index (χ4n) is 2.35. The minimum absolute atomic E-state index is 0.192. The van der Waals surface area contributed by atoms with E-state index in [0.717, 1.165) is 17.4 Å². The number of para-hydroxylation sites is 1. The first-order chi connectivity index (χ1) is 10.1. The molecule has 0 bridgehead atoms. The monoisotopic (exact) mass is 289 g/mol. The Hall–Kier alpha value is -2.43. The Kier molecular flexibility index (Phi) is 3.56. The maximum absolute atomic E-state index is 13.5. The smallest absolute Gasteiger partial charge is 0.254 e. The number of fused-ring (bicyclic) bond motifs is 1. The number of nitrogens with one attached hydrogen (secondary N) is 1. The van der Waals surface area contributed by atoms with Gasteiger partial charge in [-0.25, -0.2) is 8.78 Å². The van der Waals surface area contributed by atoms with Gasteiger partial charge < -0.3 is 10.1 Å². The van der Waals surface area contributed by atoms with E-state index in [-0.39, 0.29) is 18.2 Å². The molecule has 0 spiro atoms. The molecule has 1 aliphatic rings. The van der Waals surface area contributed by atoms with Crippen molar-refractivity contribution < 1.29 is 18.3 Å². The Balaban J connectivity index is 1.62. The summed E-state index contributed by atoms with van der Waals surface area (Å²) in [6.45, 7) is 0.240.